The topological polar surface area (TPSA) is 160 Å². The lowest BCUT2D eigenvalue weighted by Crippen LogP contribution is -2.53. The Bertz CT molecular complexity index is 3170. The number of halogens is 2. The van der Waals surface area contributed by atoms with Gasteiger partial charge in [-0.2, -0.15) is 15.1 Å². The number of urea groups is 1. The minimum absolute atomic E-state index is 0.0184. The quantitative estimate of drug-likeness (QED) is 0.124. The monoisotopic (exact) mass is 934 g/mol. The van der Waals surface area contributed by atoms with E-state index in [-0.39, 0.29) is 75.5 Å². The number of carbonyl (C=O) groups excluding carboxylic acids is 2. The molecule has 0 radical (unpaired) electrons. The molecule has 3 aromatic carbocycles. The zero-order chi connectivity index (χ0) is 47.3. The highest BCUT2D eigenvalue weighted by Crippen LogP contribution is 2.45. The van der Waals surface area contributed by atoms with E-state index in [1.165, 1.54) is 29.2 Å². The molecule has 0 saturated carbocycles. The van der Waals surface area contributed by atoms with Crippen LogP contribution in [0.15, 0.2) is 60.8 Å². The van der Waals surface area contributed by atoms with Crippen LogP contribution in [0.3, 0.4) is 0 Å². The van der Waals surface area contributed by atoms with Gasteiger partial charge >= 0.3 is 12.0 Å². The average molecular weight is 935 g/mol. The second-order valence-electron chi connectivity index (χ2n) is 19.7. The number of amides is 3. The van der Waals surface area contributed by atoms with E-state index in [2.05, 4.69) is 64.9 Å². The Labute approximate surface area is 396 Å². The molecule has 6 fully saturated rings. The first kappa shape index (κ1) is 43.3. The van der Waals surface area contributed by atoms with Crippen LogP contribution in [0.25, 0.3) is 43.8 Å². The van der Waals surface area contributed by atoms with E-state index in [0.29, 0.717) is 48.6 Å². The molecule has 2 bridgehead atoms. The van der Waals surface area contributed by atoms with Gasteiger partial charge in [-0.1, -0.05) is 24.1 Å². The maximum atomic E-state index is 17.3. The number of hydrogen-bond donors (Lipinski definition) is 3. The highest BCUT2D eigenvalue weighted by Gasteiger charge is 2.51. The van der Waals surface area contributed by atoms with E-state index in [0.717, 1.165) is 93.5 Å². The molecule has 3 amide bonds. The number of aromatic hydroxyl groups is 1. The Morgan fingerprint density at radius 1 is 0.971 bits per heavy atom. The molecule has 4 atom stereocenters. The number of nitrogens with one attached hydrogen (secondary N) is 2. The minimum Gasteiger partial charge on any atom is -0.508 e. The van der Waals surface area contributed by atoms with Crippen LogP contribution >= 0.6 is 0 Å². The van der Waals surface area contributed by atoms with E-state index in [9.17, 15) is 14.7 Å². The number of hydrogen-bond acceptors (Lipinski definition) is 13. The number of anilines is 3. The summed E-state index contributed by atoms with van der Waals surface area (Å²) in [6.45, 7) is 11.6. The zero-order valence-corrected chi connectivity index (χ0v) is 38.3. The molecule has 16 nitrogen and oxygen atoms in total. The van der Waals surface area contributed by atoms with E-state index in [1.807, 2.05) is 13.1 Å². The smallest absolute Gasteiger partial charge is 0.329 e. The van der Waals surface area contributed by atoms with Crippen molar-refractivity contribution < 1.29 is 28.2 Å². The van der Waals surface area contributed by atoms with Crippen LogP contribution in [0.2, 0.25) is 0 Å². The molecule has 4 unspecified atom stereocenters. The number of benzene rings is 3. The van der Waals surface area contributed by atoms with Crippen LogP contribution in [0.1, 0.15) is 44.1 Å². The molecular weight excluding hydrogens is 883 g/mol. The van der Waals surface area contributed by atoms with Crippen molar-refractivity contribution >= 4 is 61.8 Å². The standard InChI is InChI=1S/C51H52F2N12O4/c1-4-36-40(52)10-5-30-19-35(66)21-38(43(30)36)45-44(53)46-39(23-54-45)47(63-25-31-6-7-32(26-63)55-31)58-49(57-46)69-28-51-13-11-34(65(51)24-29(2)22-51)27-61-15-17-62(18-16-61)33-8-9-37-41(20-33)60(3)59-48(37)64-14-12-42(67)56-50(64)68/h1,5,8-10,19-21,23,31-32,34,55,66H,2,6-7,11-18,22,24-28H2,3H3,(H,56,67,68). The Morgan fingerprint density at radius 3 is 2.57 bits per heavy atom. The van der Waals surface area contributed by atoms with Crippen molar-refractivity contribution in [2.45, 2.75) is 62.2 Å². The van der Waals surface area contributed by atoms with Crippen molar-refractivity contribution in [2.75, 3.05) is 80.2 Å². The number of carbonyl (C=O) groups is 2. The lowest BCUT2D eigenvalue weighted by atomic mass is 9.94. The van der Waals surface area contributed by atoms with Crippen molar-refractivity contribution in [1.82, 2.24) is 45.2 Å². The van der Waals surface area contributed by atoms with Crippen LogP contribution in [0.5, 0.6) is 11.8 Å². The summed E-state index contributed by atoms with van der Waals surface area (Å²) in [7, 11) is 1.87. The van der Waals surface area contributed by atoms with Gasteiger partial charge in [-0.05, 0) is 73.9 Å². The van der Waals surface area contributed by atoms with Gasteiger partial charge in [0.1, 0.15) is 35.2 Å². The molecule has 3 N–H and O–H groups in total. The van der Waals surface area contributed by atoms with E-state index in [1.54, 1.807) is 10.9 Å². The molecule has 6 aliphatic rings. The first-order valence-corrected chi connectivity index (χ1v) is 23.8. The number of rotatable bonds is 9. The Kier molecular flexibility index (Phi) is 10.5. The highest BCUT2D eigenvalue weighted by atomic mass is 19.1. The lowest BCUT2D eigenvalue weighted by molar-refractivity contribution is -0.120. The van der Waals surface area contributed by atoms with E-state index < -0.39 is 17.7 Å². The third kappa shape index (κ3) is 7.45. The summed E-state index contributed by atoms with van der Waals surface area (Å²) in [6.07, 6.45) is 12.3. The number of ether oxygens (including phenoxy) is 1. The van der Waals surface area contributed by atoms with Gasteiger partial charge in [-0.3, -0.25) is 34.5 Å². The summed E-state index contributed by atoms with van der Waals surface area (Å²) in [5.74, 6) is 1.71. The summed E-state index contributed by atoms with van der Waals surface area (Å²) in [5.41, 5.74) is 2.85. The third-order valence-electron chi connectivity index (χ3n) is 15.4. The van der Waals surface area contributed by atoms with Gasteiger partial charge in [0.05, 0.1) is 22.0 Å². The molecule has 0 aliphatic carbocycles. The minimum atomic E-state index is -0.747. The molecular formula is C51H52F2N12O4. The van der Waals surface area contributed by atoms with Gasteiger partial charge in [-0.15, -0.1) is 6.42 Å². The fourth-order valence-electron chi connectivity index (χ4n) is 12.1. The largest absolute Gasteiger partial charge is 0.508 e. The molecule has 6 aromatic rings. The van der Waals surface area contributed by atoms with Gasteiger partial charge in [0.15, 0.2) is 11.6 Å². The molecule has 6 aliphatic heterocycles. The zero-order valence-electron chi connectivity index (χ0n) is 38.3. The normalized spacial score (nSPS) is 24.2. The highest BCUT2D eigenvalue weighted by molar-refractivity contribution is 6.09. The molecule has 9 heterocycles. The van der Waals surface area contributed by atoms with Crippen molar-refractivity contribution in [3.05, 3.63) is 78.0 Å². The number of imide groups is 1. The molecule has 69 heavy (non-hydrogen) atoms. The summed E-state index contributed by atoms with van der Waals surface area (Å²) >= 11 is 0. The number of fused-ring (bicyclic) bond motifs is 6. The fraction of sp³-hybridized carbons (Fsp3) is 0.412. The Hall–Kier alpha value is -6.94. The van der Waals surface area contributed by atoms with Gasteiger partial charge in [0, 0.05) is 119 Å². The first-order chi connectivity index (χ1) is 33.4. The van der Waals surface area contributed by atoms with Crippen molar-refractivity contribution in [1.29, 1.82) is 0 Å². The van der Waals surface area contributed by atoms with Gasteiger partial charge in [0.2, 0.25) is 5.91 Å². The number of terminal acetylenes is 1. The van der Waals surface area contributed by atoms with Crippen LogP contribution < -0.4 is 30.1 Å². The SMILES string of the molecule is C#Cc1c(F)ccc2cc(O)cc(-c3ncc4c(N5CC6CCC(C5)N6)nc(OCC56CCC(CN7CCN(c8ccc9c(N%10CCC(=O)NC%10=O)nn(C)c9c8)CC7)N5CC(=C)C6)nc4c3F)c12. The second-order valence-corrected chi connectivity index (χ2v) is 19.7. The molecule has 6 saturated heterocycles. The summed E-state index contributed by atoms with van der Waals surface area (Å²) in [4.78, 5) is 50.0. The first-order valence-electron chi connectivity index (χ1n) is 23.8. The molecule has 354 valence electrons. The van der Waals surface area contributed by atoms with Crippen LogP contribution in [-0.2, 0) is 11.8 Å². The maximum absolute atomic E-state index is 17.3. The van der Waals surface area contributed by atoms with Gasteiger partial charge < -0.3 is 25.0 Å². The summed E-state index contributed by atoms with van der Waals surface area (Å²) < 4.78 is 40.9. The van der Waals surface area contributed by atoms with Crippen molar-refractivity contribution in [2.24, 2.45) is 7.05 Å². The molecule has 0 spiro atoms. The lowest BCUT2D eigenvalue weighted by Gasteiger charge is -2.40. The van der Waals surface area contributed by atoms with Crippen molar-refractivity contribution in [3.63, 3.8) is 0 Å². The average Bonchev–Trinajstić information content (AvgIpc) is 4.07. The summed E-state index contributed by atoms with van der Waals surface area (Å²) in [6, 6.07) is 12.2. The van der Waals surface area contributed by atoms with Gasteiger partial charge in [0.25, 0.3) is 0 Å². The fourth-order valence-corrected chi connectivity index (χ4v) is 12.1. The van der Waals surface area contributed by atoms with E-state index in [4.69, 9.17) is 21.1 Å². The number of piperazine rings is 2. The number of aryl methyl sites for hydroxylation is 1. The molecule has 12 rings (SSSR count). The molecule has 3 aromatic heterocycles. The number of phenols is 1. The predicted octanol–water partition coefficient (Wildman–Crippen LogP) is 5.45. The summed E-state index contributed by atoms with van der Waals surface area (Å²) in [5, 5.41) is 23.5. The van der Waals surface area contributed by atoms with Crippen molar-refractivity contribution in [3.8, 4) is 35.4 Å². The van der Waals surface area contributed by atoms with Crippen LogP contribution in [0.4, 0.5) is 30.9 Å². The number of nitrogens with zero attached hydrogens (tertiary/aromatic N) is 10. The second kappa shape index (κ2) is 16.6. The van der Waals surface area contributed by atoms with E-state index >= 15 is 8.78 Å². The maximum Gasteiger partial charge on any atom is 0.329 e. The number of aromatic nitrogens is 5. The molecule has 18 heteroatoms. The Balaban J connectivity index is 0.781. The Morgan fingerprint density at radius 2 is 1.78 bits per heavy atom. The predicted molar refractivity (Wildman–Crippen MR) is 259 cm³/mol. The van der Waals surface area contributed by atoms with Crippen LogP contribution in [-0.4, -0.2) is 141 Å². The number of phenolic OH excluding ortho intramolecular Hbond substituents is 1. The van der Waals surface area contributed by atoms with Gasteiger partial charge in [-0.25, -0.2) is 13.6 Å². The van der Waals surface area contributed by atoms with Crippen LogP contribution in [0, 0.1) is 24.0 Å². The third-order valence-corrected chi connectivity index (χ3v) is 15.4. The number of pyridine rings is 1.